The molecule has 1 saturated carbocycles. The number of carboxylic acid groups (broad SMARTS) is 1. The molecule has 2 amide bonds. The van der Waals surface area contributed by atoms with Gasteiger partial charge in [-0.3, -0.25) is 4.79 Å². The number of aliphatic hydroxyl groups excluding tert-OH is 1. The van der Waals surface area contributed by atoms with E-state index in [1.165, 1.54) is 0 Å². The number of rotatable bonds is 9. The Labute approximate surface area is 198 Å². The molecule has 34 heavy (non-hydrogen) atoms. The normalized spacial score (nSPS) is 19.7. The van der Waals surface area contributed by atoms with Crippen LogP contribution in [0.15, 0.2) is 48.5 Å². The lowest BCUT2D eigenvalue weighted by atomic mass is 9.98. The molecule has 0 heterocycles. The number of alkyl carbamates (subject to hydrolysis) is 1. The van der Waals surface area contributed by atoms with E-state index in [0.717, 1.165) is 41.5 Å². The van der Waals surface area contributed by atoms with E-state index in [0.29, 0.717) is 0 Å². The molecular formula is C26H30N2O6. The molecule has 2 aromatic rings. The molecule has 2 aromatic carbocycles. The minimum Gasteiger partial charge on any atom is -0.480 e. The van der Waals surface area contributed by atoms with Gasteiger partial charge in [0, 0.05) is 31.4 Å². The van der Waals surface area contributed by atoms with Gasteiger partial charge in [-0.1, -0.05) is 55.0 Å². The lowest BCUT2D eigenvalue weighted by molar-refractivity contribution is -0.142. The maximum atomic E-state index is 12.6. The van der Waals surface area contributed by atoms with Crippen LogP contribution >= 0.6 is 0 Å². The van der Waals surface area contributed by atoms with Gasteiger partial charge in [-0.25, -0.2) is 9.59 Å². The van der Waals surface area contributed by atoms with E-state index >= 15 is 0 Å². The summed E-state index contributed by atoms with van der Waals surface area (Å²) in [6.45, 7) is -0.105. The molecule has 3 atom stereocenters. The fourth-order valence-corrected chi connectivity index (χ4v) is 5.14. The molecule has 0 radical (unpaired) electrons. The van der Waals surface area contributed by atoms with Gasteiger partial charge in [0.25, 0.3) is 0 Å². The molecule has 8 nitrogen and oxygen atoms in total. The quantitative estimate of drug-likeness (QED) is 0.450. The molecule has 2 unspecified atom stereocenters. The van der Waals surface area contributed by atoms with Crippen molar-refractivity contribution >= 4 is 18.0 Å². The first-order valence-electron chi connectivity index (χ1n) is 11.7. The molecule has 1 fully saturated rings. The van der Waals surface area contributed by atoms with Crippen molar-refractivity contribution in [1.82, 2.24) is 10.6 Å². The molecule has 2 aliphatic rings. The van der Waals surface area contributed by atoms with Crippen LogP contribution in [-0.2, 0) is 14.3 Å². The third kappa shape index (κ3) is 5.22. The summed E-state index contributed by atoms with van der Waals surface area (Å²) >= 11 is 0. The summed E-state index contributed by atoms with van der Waals surface area (Å²) in [5.41, 5.74) is 4.61. The summed E-state index contributed by atoms with van der Waals surface area (Å²) < 4.78 is 5.63. The second kappa shape index (κ2) is 10.7. The molecule has 0 spiro atoms. The number of hydrogen-bond donors (Lipinski definition) is 4. The average Bonchev–Trinajstić information content (AvgIpc) is 3.39. The van der Waals surface area contributed by atoms with Gasteiger partial charge in [0.1, 0.15) is 12.6 Å². The fourth-order valence-electron chi connectivity index (χ4n) is 5.14. The van der Waals surface area contributed by atoms with Gasteiger partial charge in [-0.2, -0.15) is 0 Å². The summed E-state index contributed by atoms with van der Waals surface area (Å²) in [4.78, 5) is 36.2. The molecule has 4 rings (SSSR count). The van der Waals surface area contributed by atoms with Crippen LogP contribution in [0.4, 0.5) is 4.79 Å². The van der Waals surface area contributed by atoms with Crippen LogP contribution in [0.25, 0.3) is 11.1 Å². The smallest absolute Gasteiger partial charge is 0.407 e. The minimum atomic E-state index is -1.18. The van der Waals surface area contributed by atoms with Gasteiger partial charge >= 0.3 is 12.1 Å². The highest BCUT2D eigenvalue weighted by Crippen LogP contribution is 2.44. The number of nitrogens with one attached hydrogen (secondary N) is 2. The molecule has 0 saturated heterocycles. The highest BCUT2D eigenvalue weighted by Gasteiger charge is 2.33. The van der Waals surface area contributed by atoms with Crippen LogP contribution in [0.2, 0.25) is 0 Å². The van der Waals surface area contributed by atoms with Crippen molar-refractivity contribution in [2.45, 2.75) is 50.1 Å². The van der Waals surface area contributed by atoms with Gasteiger partial charge in [-0.05, 0) is 41.0 Å². The van der Waals surface area contributed by atoms with Crippen LogP contribution in [0.1, 0.15) is 49.1 Å². The Kier molecular flexibility index (Phi) is 7.47. The second-order valence-electron chi connectivity index (χ2n) is 8.94. The number of fused-ring (bicyclic) bond motifs is 3. The SMILES string of the molecule is O=C(CC1CCCC1NC(=O)OCC1c2ccccc2-c2ccccc21)N[C@H](CCO)C(=O)O. The maximum absolute atomic E-state index is 12.6. The number of carboxylic acids is 1. The van der Waals surface area contributed by atoms with Gasteiger partial charge in [0.2, 0.25) is 5.91 Å². The van der Waals surface area contributed by atoms with Crippen LogP contribution in [0.3, 0.4) is 0 Å². The molecule has 2 aliphatic carbocycles. The van der Waals surface area contributed by atoms with E-state index in [-0.39, 0.29) is 43.9 Å². The molecule has 0 aromatic heterocycles. The Balaban J connectivity index is 1.32. The number of amides is 2. The number of aliphatic carboxylic acids is 1. The molecule has 8 heteroatoms. The predicted octanol–water partition coefficient (Wildman–Crippen LogP) is 3.04. The van der Waals surface area contributed by atoms with Crippen LogP contribution in [0, 0.1) is 5.92 Å². The van der Waals surface area contributed by atoms with Crippen molar-refractivity contribution in [2.24, 2.45) is 5.92 Å². The van der Waals surface area contributed by atoms with Crippen molar-refractivity contribution in [3.63, 3.8) is 0 Å². The van der Waals surface area contributed by atoms with E-state index in [1.54, 1.807) is 0 Å². The van der Waals surface area contributed by atoms with Crippen molar-refractivity contribution in [3.8, 4) is 11.1 Å². The first kappa shape index (κ1) is 23.8. The predicted molar refractivity (Wildman–Crippen MR) is 125 cm³/mol. The lowest BCUT2D eigenvalue weighted by Gasteiger charge is -2.22. The van der Waals surface area contributed by atoms with Crippen LogP contribution < -0.4 is 10.6 Å². The number of aliphatic hydroxyl groups is 1. The Morgan fingerprint density at radius 2 is 1.65 bits per heavy atom. The number of carbonyl (C=O) groups is 3. The lowest BCUT2D eigenvalue weighted by Crippen LogP contribution is -2.44. The molecule has 0 bridgehead atoms. The zero-order valence-corrected chi connectivity index (χ0v) is 18.9. The third-order valence-electron chi connectivity index (χ3n) is 6.80. The molecular weight excluding hydrogens is 436 g/mol. The zero-order valence-electron chi connectivity index (χ0n) is 18.9. The topological polar surface area (TPSA) is 125 Å². The monoisotopic (exact) mass is 466 g/mol. The van der Waals surface area contributed by atoms with Crippen LogP contribution in [-0.4, -0.2) is 53.5 Å². The standard InChI is InChI=1S/C26H30N2O6/c29-13-12-23(25(31)32)27-24(30)14-16-6-5-11-22(16)28-26(33)34-15-21-19-9-3-1-7-17(19)18-8-2-4-10-20(18)21/h1-4,7-10,16,21-23,29H,5-6,11-15H2,(H,27,30)(H,28,33)(H,31,32)/t16?,22?,23-/m1/s1. The van der Waals surface area contributed by atoms with Crippen molar-refractivity contribution in [3.05, 3.63) is 59.7 Å². The second-order valence-corrected chi connectivity index (χ2v) is 8.94. The van der Waals surface area contributed by atoms with Crippen molar-refractivity contribution < 1.29 is 29.3 Å². The number of ether oxygens (including phenoxy) is 1. The Hall–Kier alpha value is -3.39. The van der Waals surface area contributed by atoms with E-state index in [2.05, 4.69) is 34.9 Å². The maximum Gasteiger partial charge on any atom is 0.407 e. The number of benzene rings is 2. The third-order valence-corrected chi connectivity index (χ3v) is 6.80. The summed E-state index contributed by atoms with van der Waals surface area (Å²) in [6.07, 6.45) is 1.92. The first-order valence-corrected chi connectivity index (χ1v) is 11.7. The van der Waals surface area contributed by atoms with E-state index in [1.807, 2.05) is 24.3 Å². The Morgan fingerprint density at radius 1 is 1.00 bits per heavy atom. The number of carbonyl (C=O) groups excluding carboxylic acids is 2. The molecule has 0 aliphatic heterocycles. The van der Waals surface area contributed by atoms with E-state index in [4.69, 9.17) is 14.9 Å². The summed E-state index contributed by atoms with van der Waals surface area (Å²) in [7, 11) is 0. The van der Waals surface area contributed by atoms with E-state index in [9.17, 15) is 14.4 Å². The Bertz CT molecular complexity index is 1010. The highest BCUT2D eigenvalue weighted by atomic mass is 16.5. The summed E-state index contributed by atoms with van der Waals surface area (Å²) in [6, 6.07) is 14.9. The Morgan fingerprint density at radius 3 is 2.26 bits per heavy atom. The fraction of sp³-hybridized carbons (Fsp3) is 0.423. The zero-order chi connectivity index (χ0) is 24.1. The first-order chi connectivity index (χ1) is 16.5. The van der Waals surface area contributed by atoms with Crippen molar-refractivity contribution in [1.29, 1.82) is 0 Å². The van der Waals surface area contributed by atoms with Gasteiger partial charge in [0.15, 0.2) is 0 Å². The van der Waals surface area contributed by atoms with Gasteiger partial charge in [-0.15, -0.1) is 0 Å². The highest BCUT2D eigenvalue weighted by molar-refractivity contribution is 5.83. The average molecular weight is 467 g/mol. The van der Waals surface area contributed by atoms with Crippen LogP contribution in [0.5, 0.6) is 0 Å². The summed E-state index contributed by atoms with van der Waals surface area (Å²) in [5, 5.41) is 23.5. The number of hydrogen-bond acceptors (Lipinski definition) is 5. The van der Waals surface area contributed by atoms with Crippen molar-refractivity contribution in [2.75, 3.05) is 13.2 Å². The minimum absolute atomic E-state index is 0.0252. The van der Waals surface area contributed by atoms with Gasteiger partial charge < -0.3 is 25.6 Å². The summed E-state index contributed by atoms with van der Waals surface area (Å²) in [5.74, 6) is -1.69. The van der Waals surface area contributed by atoms with E-state index < -0.39 is 24.0 Å². The largest absolute Gasteiger partial charge is 0.480 e. The van der Waals surface area contributed by atoms with Gasteiger partial charge in [0.05, 0.1) is 0 Å². The molecule has 4 N–H and O–H groups in total. The molecule has 180 valence electrons.